The Bertz CT molecular complexity index is 836. The third kappa shape index (κ3) is 4.33. The van der Waals surface area contributed by atoms with Gasteiger partial charge in [0.05, 0.1) is 24.7 Å². The summed E-state index contributed by atoms with van der Waals surface area (Å²) >= 11 is 0. The molecule has 2 amide bonds. The van der Waals surface area contributed by atoms with Crippen LogP contribution in [0.2, 0.25) is 0 Å². The molecule has 0 bridgehead atoms. The van der Waals surface area contributed by atoms with Gasteiger partial charge in [-0.1, -0.05) is 48.5 Å². The lowest BCUT2D eigenvalue weighted by molar-refractivity contribution is -0.134. The molecule has 3 atom stereocenters. The van der Waals surface area contributed by atoms with Crippen molar-refractivity contribution in [3.05, 3.63) is 71.8 Å². The van der Waals surface area contributed by atoms with E-state index in [-0.39, 0.29) is 24.3 Å². The number of ether oxygens (including phenoxy) is 1. The van der Waals surface area contributed by atoms with Crippen molar-refractivity contribution >= 4 is 11.8 Å². The molecule has 152 valence electrons. The first-order valence-electron chi connectivity index (χ1n) is 10.1. The molecule has 29 heavy (non-hydrogen) atoms. The zero-order valence-corrected chi connectivity index (χ0v) is 16.3. The zero-order valence-electron chi connectivity index (χ0n) is 16.3. The molecule has 2 heterocycles. The van der Waals surface area contributed by atoms with Gasteiger partial charge < -0.3 is 19.6 Å². The Hall–Kier alpha value is -2.70. The molecule has 2 aliphatic heterocycles. The number of carbonyl (C=O) groups excluding carboxylic acids is 2. The maximum Gasteiger partial charge on any atom is 0.254 e. The summed E-state index contributed by atoms with van der Waals surface area (Å²) in [5, 5.41) is 10.8. The van der Waals surface area contributed by atoms with Gasteiger partial charge in [-0.3, -0.25) is 9.59 Å². The number of amides is 2. The largest absolute Gasteiger partial charge is 0.389 e. The smallest absolute Gasteiger partial charge is 0.254 e. The van der Waals surface area contributed by atoms with Crippen LogP contribution in [-0.4, -0.2) is 65.2 Å². The summed E-state index contributed by atoms with van der Waals surface area (Å²) in [6, 6.07) is 18.4. The first kappa shape index (κ1) is 19.6. The number of hydrogen-bond donors (Lipinski definition) is 1. The van der Waals surface area contributed by atoms with Crippen LogP contribution in [0.15, 0.2) is 60.7 Å². The van der Waals surface area contributed by atoms with Crippen LogP contribution < -0.4 is 0 Å². The van der Waals surface area contributed by atoms with Crippen molar-refractivity contribution in [2.24, 2.45) is 5.92 Å². The minimum atomic E-state index is -0.780. The third-order valence-electron chi connectivity index (χ3n) is 5.73. The number of likely N-dealkylation sites (tertiary alicyclic amines) is 1. The van der Waals surface area contributed by atoms with Gasteiger partial charge in [0.15, 0.2) is 0 Å². The maximum absolute atomic E-state index is 13.3. The van der Waals surface area contributed by atoms with Crippen LogP contribution in [0.1, 0.15) is 22.3 Å². The number of aliphatic hydroxyl groups excluding tert-OH is 1. The van der Waals surface area contributed by atoms with Crippen molar-refractivity contribution in [1.82, 2.24) is 9.80 Å². The number of hydrogen-bond acceptors (Lipinski definition) is 4. The van der Waals surface area contributed by atoms with Crippen LogP contribution in [0.5, 0.6) is 0 Å². The van der Waals surface area contributed by atoms with Crippen LogP contribution in [0.4, 0.5) is 0 Å². The molecule has 0 aliphatic carbocycles. The average Bonchev–Trinajstić information content (AvgIpc) is 3.43. The van der Waals surface area contributed by atoms with E-state index in [1.807, 2.05) is 48.5 Å². The summed E-state index contributed by atoms with van der Waals surface area (Å²) in [5.41, 5.74) is 1.56. The molecule has 0 aromatic heterocycles. The summed E-state index contributed by atoms with van der Waals surface area (Å²) in [6.07, 6.45) is -0.0649. The highest BCUT2D eigenvalue weighted by molar-refractivity contribution is 5.94. The lowest BCUT2D eigenvalue weighted by Crippen LogP contribution is -2.46. The van der Waals surface area contributed by atoms with Gasteiger partial charge in [0.25, 0.3) is 5.91 Å². The molecule has 6 nitrogen and oxygen atoms in total. The Kier molecular flexibility index (Phi) is 5.92. The summed E-state index contributed by atoms with van der Waals surface area (Å²) in [6.45, 7) is 2.00. The van der Waals surface area contributed by atoms with E-state index in [1.165, 1.54) is 0 Å². The predicted molar refractivity (Wildman–Crippen MR) is 108 cm³/mol. The van der Waals surface area contributed by atoms with E-state index in [9.17, 15) is 14.7 Å². The fourth-order valence-corrected chi connectivity index (χ4v) is 4.11. The molecule has 0 spiro atoms. The van der Waals surface area contributed by atoms with Gasteiger partial charge in [-0.05, 0) is 24.1 Å². The summed E-state index contributed by atoms with van der Waals surface area (Å²) in [7, 11) is 0. The SMILES string of the molecule is O=C(C1CCOC1)N1C[C@@H](O)[C@H](N(Cc2ccccc2)C(=O)c2ccccc2)C1. The summed E-state index contributed by atoms with van der Waals surface area (Å²) < 4.78 is 5.34. The Morgan fingerprint density at radius 1 is 1.03 bits per heavy atom. The van der Waals surface area contributed by atoms with Crippen molar-refractivity contribution in [2.75, 3.05) is 26.3 Å². The second-order valence-electron chi connectivity index (χ2n) is 7.72. The fourth-order valence-electron chi connectivity index (χ4n) is 4.11. The third-order valence-corrected chi connectivity index (χ3v) is 5.73. The van der Waals surface area contributed by atoms with Crippen molar-refractivity contribution < 1.29 is 19.4 Å². The summed E-state index contributed by atoms with van der Waals surface area (Å²) in [5.74, 6) is -0.277. The van der Waals surface area contributed by atoms with Gasteiger partial charge in [0, 0.05) is 31.8 Å². The van der Waals surface area contributed by atoms with Crippen LogP contribution in [0.3, 0.4) is 0 Å². The highest BCUT2D eigenvalue weighted by atomic mass is 16.5. The summed E-state index contributed by atoms with van der Waals surface area (Å²) in [4.78, 5) is 29.5. The molecule has 2 fully saturated rings. The van der Waals surface area contributed by atoms with Crippen molar-refractivity contribution in [3.63, 3.8) is 0 Å². The second-order valence-corrected chi connectivity index (χ2v) is 7.72. The highest BCUT2D eigenvalue weighted by Crippen LogP contribution is 2.25. The van der Waals surface area contributed by atoms with E-state index in [0.717, 1.165) is 5.56 Å². The first-order valence-corrected chi connectivity index (χ1v) is 10.1. The average molecular weight is 394 g/mol. The van der Waals surface area contributed by atoms with Gasteiger partial charge in [-0.15, -0.1) is 0 Å². The quantitative estimate of drug-likeness (QED) is 0.842. The minimum absolute atomic E-state index is 0.0101. The van der Waals surface area contributed by atoms with E-state index in [1.54, 1.807) is 21.9 Å². The lowest BCUT2D eigenvalue weighted by Gasteiger charge is -2.31. The topological polar surface area (TPSA) is 70.1 Å². The Morgan fingerprint density at radius 2 is 1.72 bits per heavy atom. The van der Waals surface area contributed by atoms with Crippen molar-refractivity contribution in [3.8, 4) is 0 Å². The second kappa shape index (κ2) is 8.76. The molecule has 4 rings (SSSR count). The van der Waals surface area contributed by atoms with Crippen LogP contribution >= 0.6 is 0 Å². The molecular formula is C23H26N2O4. The maximum atomic E-state index is 13.3. The number of β-amino-alcohol motifs (C(OH)–C–C–N with tert-alkyl or cyclic N) is 1. The van der Waals surface area contributed by atoms with Gasteiger partial charge in [-0.25, -0.2) is 0 Å². The molecule has 2 aromatic rings. The lowest BCUT2D eigenvalue weighted by atomic mass is 10.1. The number of aliphatic hydroxyl groups is 1. The van der Waals surface area contributed by atoms with Gasteiger partial charge in [0.1, 0.15) is 0 Å². The normalized spacial score (nSPS) is 23.9. The Labute approximate surface area is 170 Å². The van der Waals surface area contributed by atoms with Crippen LogP contribution in [0.25, 0.3) is 0 Å². The Morgan fingerprint density at radius 3 is 2.38 bits per heavy atom. The van der Waals surface area contributed by atoms with Gasteiger partial charge in [-0.2, -0.15) is 0 Å². The van der Waals surface area contributed by atoms with E-state index in [0.29, 0.717) is 38.3 Å². The van der Waals surface area contributed by atoms with Crippen LogP contribution in [-0.2, 0) is 16.1 Å². The number of nitrogens with zero attached hydrogens (tertiary/aromatic N) is 2. The monoisotopic (exact) mass is 394 g/mol. The first-order chi connectivity index (χ1) is 14.1. The van der Waals surface area contributed by atoms with Crippen molar-refractivity contribution in [2.45, 2.75) is 25.1 Å². The predicted octanol–water partition coefficient (Wildman–Crippen LogP) is 1.94. The van der Waals surface area contributed by atoms with E-state index < -0.39 is 12.1 Å². The highest BCUT2D eigenvalue weighted by Gasteiger charge is 2.41. The Balaban J connectivity index is 1.56. The number of benzene rings is 2. The van der Waals surface area contributed by atoms with E-state index >= 15 is 0 Å². The molecule has 0 saturated carbocycles. The van der Waals surface area contributed by atoms with Gasteiger partial charge >= 0.3 is 0 Å². The fraction of sp³-hybridized carbons (Fsp3) is 0.391. The van der Waals surface area contributed by atoms with Crippen LogP contribution in [0, 0.1) is 5.92 Å². The van der Waals surface area contributed by atoms with Crippen molar-refractivity contribution in [1.29, 1.82) is 0 Å². The van der Waals surface area contributed by atoms with Gasteiger partial charge in [0.2, 0.25) is 5.91 Å². The molecule has 2 aliphatic rings. The number of carbonyl (C=O) groups is 2. The molecule has 1 N–H and O–H groups in total. The standard InChI is InChI=1S/C23H26N2O4/c26-21-15-24(22(27)19-11-12-29-16-19)14-20(21)25(13-17-7-3-1-4-8-17)23(28)18-9-5-2-6-10-18/h1-10,19-21,26H,11-16H2/t19?,20-,21-/m1/s1. The molecule has 2 saturated heterocycles. The molecule has 2 aromatic carbocycles. The molecule has 6 heteroatoms. The number of rotatable bonds is 5. The van der Waals surface area contributed by atoms with E-state index in [4.69, 9.17) is 4.74 Å². The van der Waals surface area contributed by atoms with E-state index in [2.05, 4.69) is 0 Å². The zero-order chi connectivity index (χ0) is 20.2. The molecule has 1 unspecified atom stereocenters. The molecule has 0 radical (unpaired) electrons. The minimum Gasteiger partial charge on any atom is -0.389 e. The molecular weight excluding hydrogens is 368 g/mol.